The minimum absolute atomic E-state index is 0.0238. The molecule has 1 aliphatic rings. The van der Waals surface area contributed by atoms with Crippen molar-refractivity contribution < 1.29 is 19.1 Å². The molecule has 1 aliphatic heterocycles. The van der Waals surface area contributed by atoms with Gasteiger partial charge in [0.15, 0.2) is 0 Å². The summed E-state index contributed by atoms with van der Waals surface area (Å²) in [6, 6.07) is -0.466. The monoisotopic (exact) mass is 272 g/mol. The van der Waals surface area contributed by atoms with Crippen LogP contribution in [-0.4, -0.2) is 54.3 Å². The zero-order chi connectivity index (χ0) is 14.6. The van der Waals surface area contributed by atoms with Gasteiger partial charge in [0.05, 0.1) is 13.2 Å². The summed E-state index contributed by atoms with van der Waals surface area (Å²) < 4.78 is 10.3. The lowest BCUT2D eigenvalue weighted by molar-refractivity contribution is -0.147. The maximum Gasteiger partial charge on any atom is 0.410 e. The third-order valence-electron chi connectivity index (χ3n) is 2.61. The minimum atomic E-state index is -0.537. The van der Waals surface area contributed by atoms with E-state index in [1.165, 1.54) is 0 Å². The minimum Gasteiger partial charge on any atom is -0.465 e. The lowest BCUT2D eigenvalue weighted by Crippen LogP contribution is -2.60. The summed E-state index contributed by atoms with van der Waals surface area (Å²) in [6.07, 6.45) is -0.393. The van der Waals surface area contributed by atoms with Gasteiger partial charge in [-0.25, -0.2) is 4.79 Å². The standard InChI is InChI=1S/C13H24N2O4/c1-6-18-11(16)10-8-15(7-9(2)14-10)12(17)19-13(3,4)5/h9-10,14H,6-8H2,1-5H3/t9-,10-/m0/s1. The number of piperazine rings is 1. The van der Waals surface area contributed by atoms with Crippen LogP contribution in [-0.2, 0) is 14.3 Å². The highest BCUT2D eigenvalue weighted by atomic mass is 16.6. The van der Waals surface area contributed by atoms with Crippen LogP contribution in [0.5, 0.6) is 0 Å². The fourth-order valence-electron chi connectivity index (χ4n) is 1.94. The highest BCUT2D eigenvalue weighted by Crippen LogP contribution is 2.13. The van der Waals surface area contributed by atoms with Crippen molar-refractivity contribution in [3.8, 4) is 0 Å². The predicted molar refractivity (Wildman–Crippen MR) is 70.8 cm³/mol. The highest BCUT2D eigenvalue weighted by molar-refractivity contribution is 5.78. The molecule has 0 aromatic heterocycles. The van der Waals surface area contributed by atoms with E-state index >= 15 is 0 Å². The molecule has 19 heavy (non-hydrogen) atoms. The van der Waals surface area contributed by atoms with Crippen molar-refractivity contribution in [3.05, 3.63) is 0 Å². The largest absolute Gasteiger partial charge is 0.465 e. The van der Waals surface area contributed by atoms with Gasteiger partial charge < -0.3 is 14.4 Å². The Kier molecular flexibility index (Phi) is 5.17. The summed E-state index contributed by atoms with van der Waals surface area (Å²) in [5, 5.41) is 3.12. The van der Waals surface area contributed by atoms with E-state index in [9.17, 15) is 9.59 Å². The molecule has 0 saturated carbocycles. The Labute approximate surface area is 114 Å². The maximum absolute atomic E-state index is 12.0. The lowest BCUT2D eigenvalue weighted by atomic mass is 10.1. The van der Waals surface area contributed by atoms with Gasteiger partial charge >= 0.3 is 12.1 Å². The first-order valence-electron chi connectivity index (χ1n) is 6.63. The molecule has 110 valence electrons. The van der Waals surface area contributed by atoms with Gasteiger partial charge in [0, 0.05) is 12.6 Å². The summed E-state index contributed by atoms with van der Waals surface area (Å²) in [4.78, 5) is 25.3. The molecule has 6 heteroatoms. The van der Waals surface area contributed by atoms with Crippen LogP contribution in [0.1, 0.15) is 34.6 Å². The van der Waals surface area contributed by atoms with E-state index in [1.807, 2.05) is 27.7 Å². The Bertz CT molecular complexity index is 338. The van der Waals surface area contributed by atoms with Crippen LogP contribution in [0, 0.1) is 0 Å². The smallest absolute Gasteiger partial charge is 0.410 e. The van der Waals surface area contributed by atoms with Crippen LogP contribution in [0.15, 0.2) is 0 Å². The van der Waals surface area contributed by atoms with E-state index in [0.29, 0.717) is 13.2 Å². The number of rotatable bonds is 2. The topological polar surface area (TPSA) is 67.9 Å². The number of carbonyl (C=O) groups is 2. The van der Waals surface area contributed by atoms with Gasteiger partial charge in [-0.1, -0.05) is 0 Å². The second-order valence-corrected chi connectivity index (χ2v) is 5.76. The van der Waals surface area contributed by atoms with Crippen molar-refractivity contribution in [2.75, 3.05) is 19.7 Å². The number of nitrogens with one attached hydrogen (secondary N) is 1. The normalized spacial score (nSPS) is 23.9. The Hall–Kier alpha value is -1.30. The maximum atomic E-state index is 12.0. The summed E-state index contributed by atoms with van der Waals surface area (Å²) in [5.74, 6) is -0.331. The zero-order valence-corrected chi connectivity index (χ0v) is 12.4. The second kappa shape index (κ2) is 6.23. The van der Waals surface area contributed by atoms with E-state index in [4.69, 9.17) is 9.47 Å². The van der Waals surface area contributed by atoms with Crippen LogP contribution >= 0.6 is 0 Å². The molecule has 0 bridgehead atoms. The third kappa shape index (κ3) is 5.06. The van der Waals surface area contributed by atoms with E-state index in [-0.39, 0.29) is 18.6 Å². The molecule has 6 nitrogen and oxygen atoms in total. The fraction of sp³-hybridized carbons (Fsp3) is 0.846. The molecule has 0 aliphatic carbocycles. The van der Waals surface area contributed by atoms with Gasteiger partial charge in [-0.3, -0.25) is 10.1 Å². The molecule has 1 fully saturated rings. The molecular formula is C13H24N2O4. The lowest BCUT2D eigenvalue weighted by Gasteiger charge is -2.37. The average Bonchev–Trinajstić information content (AvgIpc) is 2.26. The van der Waals surface area contributed by atoms with Crippen molar-refractivity contribution in [2.45, 2.75) is 52.3 Å². The number of ether oxygens (including phenoxy) is 2. The molecule has 0 aromatic carbocycles. The van der Waals surface area contributed by atoms with Gasteiger partial charge in [-0.05, 0) is 34.6 Å². The van der Waals surface area contributed by atoms with Crippen molar-refractivity contribution in [2.24, 2.45) is 0 Å². The van der Waals surface area contributed by atoms with Crippen LogP contribution in [0.3, 0.4) is 0 Å². The van der Waals surface area contributed by atoms with E-state index in [0.717, 1.165) is 0 Å². The number of amides is 1. The quantitative estimate of drug-likeness (QED) is 0.764. The van der Waals surface area contributed by atoms with E-state index < -0.39 is 17.7 Å². The van der Waals surface area contributed by atoms with Crippen molar-refractivity contribution in [1.82, 2.24) is 10.2 Å². The Morgan fingerprint density at radius 3 is 2.47 bits per heavy atom. The average molecular weight is 272 g/mol. The molecule has 0 aromatic rings. The van der Waals surface area contributed by atoms with Crippen LogP contribution in [0.25, 0.3) is 0 Å². The van der Waals surface area contributed by atoms with Crippen molar-refractivity contribution >= 4 is 12.1 Å². The molecule has 2 atom stereocenters. The molecule has 1 rings (SSSR count). The van der Waals surface area contributed by atoms with Gasteiger partial charge in [0.25, 0.3) is 0 Å². The number of hydrogen-bond acceptors (Lipinski definition) is 5. The van der Waals surface area contributed by atoms with Gasteiger partial charge in [0.1, 0.15) is 11.6 Å². The summed E-state index contributed by atoms with van der Waals surface area (Å²) >= 11 is 0. The van der Waals surface area contributed by atoms with Gasteiger partial charge in [0.2, 0.25) is 0 Å². The van der Waals surface area contributed by atoms with Crippen molar-refractivity contribution in [1.29, 1.82) is 0 Å². The molecule has 1 amide bonds. The molecular weight excluding hydrogens is 248 g/mol. The van der Waals surface area contributed by atoms with Crippen molar-refractivity contribution in [3.63, 3.8) is 0 Å². The molecule has 1 saturated heterocycles. The molecule has 0 unspecified atom stereocenters. The first kappa shape index (κ1) is 15.8. The molecule has 1 heterocycles. The predicted octanol–water partition coefficient (Wildman–Crippen LogP) is 1.15. The van der Waals surface area contributed by atoms with Gasteiger partial charge in [-0.15, -0.1) is 0 Å². The summed E-state index contributed by atoms with van der Waals surface area (Å²) in [5.41, 5.74) is -0.537. The van der Waals surface area contributed by atoms with E-state index in [1.54, 1.807) is 11.8 Å². The van der Waals surface area contributed by atoms with Gasteiger partial charge in [-0.2, -0.15) is 0 Å². The number of nitrogens with zero attached hydrogens (tertiary/aromatic N) is 1. The second-order valence-electron chi connectivity index (χ2n) is 5.76. The van der Waals surface area contributed by atoms with Crippen LogP contribution in [0.2, 0.25) is 0 Å². The number of carbonyl (C=O) groups excluding carboxylic acids is 2. The Morgan fingerprint density at radius 1 is 1.32 bits per heavy atom. The fourth-order valence-corrected chi connectivity index (χ4v) is 1.94. The Balaban J connectivity index is 2.64. The Morgan fingerprint density at radius 2 is 1.95 bits per heavy atom. The third-order valence-corrected chi connectivity index (χ3v) is 2.61. The number of esters is 1. The number of hydrogen-bond donors (Lipinski definition) is 1. The van der Waals surface area contributed by atoms with E-state index in [2.05, 4.69) is 5.32 Å². The molecule has 0 radical (unpaired) electrons. The summed E-state index contributed by atoms with van der Waals surface area (Å²) in [7, 11) is 0. The zero-order valence-electron chi connectivity index (χ0n) is 12.4. The first-order valence-corrected chi connectivity index (χ1v) is 6.63. The van der Waals surface area contributed by atoms with Crippen LogP contribution < -0.4 is 5.32 Å². The molecule has 0 spiro atoms. The first-order chi connectivity index (χ1) is 8.73. The molecule has 1 N–H and O–H groups in total. The van der Waals surface area contributed by atoms with Crippen LogP contribution in [0.4, 0.5) is 4.79 Å². The SMILES string of the molecule is CCOC(=O)[C@@H]1CN(C(=O)OC(C)(C)C)C[C@H](C)N1. The highest BCUT2D eigenvalue weighted by Gasteiger charge is 2.34. The summed E-state index contributed by atoms with van der Waals surface area (Å²) in [6.45, 7) is 10.3.